The molecule has 0 saturated carbocycles. The van der Waals surface area contributed by atoms with Gasteiger partial charge in [-0.1, -0.05) is 13.3 Å². The molecule has 0 radical (unpaired) electrons. The van der Waals surface area contributed by atoms with Crippen molar-refractivity contribution < 1.29 is 5.11 Å². The maximum absolute atomic E-state index is 9.39. The molecule has 5 N–H and O–H groups in total. The predicted octanol–water partition coefficient (Wildman–Crippen LogP) is 0.0588. The molecule has 0 rings (SSSR count). The van der Waals surface area contributed by atoms with E-state index < -0.39 is 6.10 Å². The quantitative estimate of drug-likeness (QED) is 0.516. The topological polar surface area (TPSA) is 75.5 Å². The molecular formula is C9H23N3O. The zero-order valence-electron chi connectivity index (χ0n) is 8.90. The highest BCUT2D eigenvalue weighted by atomic mass is 16.3. The molecule has 0 aromatic carbocycles. The molecule has 0 spiro atoms. The van der Waals surface area contributed by atoms with Crippen molar-refractivity contribution in [3.8, 4) is 0 Å². The normalized spacial score (nSPS) is 18.7. The number of nitrogens with zero attached hydrogens (tertiary/aromatic N) is 1. The van der Waals surface area contributed by atoms with Crippen LogP contribution in [0.15, 0.2) is 0 Å². The van der Waals surface area contributed by atoms with E-state index >= 15 is 0 Å². The van der Waals surface area contributed by atoms with E-state index in [9.17, 15) is 5.11 Å². The molecule has 0 bridgehead atoms. The smallest absolute Gasteiger partial charge is 0.0665 e. The Bertz CT molecular complexity index is 130. The molecule has 0 saturated heterocycles. The highest BCUT2D eigenvalue weighted by Crippen LogP contribution is 2.08. The van der Waals surface area contributed by atoms with Gasteiger partial charge in [-0.3, -0.25) is 4.90 Å². The number of aliphatic hydroxyl groups excluding tert-OH is 1. The average molecular weight is 189 g/mol. The van der Waals surface area contributed by atoms with Crippen LogP contribution >= 0.6 is 0 Å². The van der Waals surface area contributed by atoms with Crippen molar-refractivity contribution in [2.75, 3.05) is 6.67 Å². The van der Waals surface area contributed by atoms with Crippen molar-refractivity contribution in [1.82, 2.24) is 4.90 Å². The molecule has 0 aliphatic heterocycles. The molecule has 80 valence electrons. The van der Waals surface area contributed by atoms with E-state index in [2.05, 4.69) is 6.92 Å². The number of hydrogen-bond donors (Lipinski definition) is 3. The maximum atomic E-state index is 9.39. The molecule has 2 unspecified atom stereocenters. The molecule has 0 fully saturated rings. The van der Waals surface area contributed by atoms with Gasteiger partial charge in [-0.15, -0.1) is 0 Å². The summed E-state index contributed by atoms with van der Waals surface area (Å²) >= 11 is 0. The number of aliphatic hydroxyl groups is 1. The zero-order valence-corrected chi connectivity index (χ0v) is 8.90. The van der Waals surface area contributed by atoms with Gasteiger partial charge < -0.3 is 16.6 Å². The number of nitrogens with two attached hydrogens (primary N) is 2. The highest BCUT2D eigenvalue weighted by molar-refractivity contribution is 4.74. The molecule has 0 aliphatic rings. The Balaban J connectivity index is 4.14. The van der Waals surface area contributed by atoms with E-state index in [-0.39, 0.29) is 12.2 Å². The van der Waals surface area contributed by atoms with Gasteiger partial charge in [0.1, 0.15) is 0 Å². The Hall–Kier alpha value is -0.160. The SMILES string of the molecule is CCCC(N)N(CN)[C@H](C)C(C)O. The van der Waals surface area contributed by atoms with Crippen molar-refractivity contribution in [1.29, 1.82) is 0 Å². The molecule has 4 heteroatoms. The van der Waals surface area contributed by atoms with Crippen LogP contribution in [0.25, 0.3) is 0 Å². The average Bonchev–Trinajstić information content (AvgIpc) is 2.05. The minimum Gasteiger partial charge on any atom is -0.392 e. The second-order valence-corrected chi connectivity index (χ2v) is 3.53. The van der Waals surface area contributed by atoms with Gasteiger partial charge in [-0.2, -0.15) is 0 Å². The van der Waals surface area contributed by atoms with Crippen LogP contribution in [-0.4, -0.2) is 35.0 Å². The third kappa shape index (κ3) is 4.04. The van der Waals surface area contributed by atoms with Crippen LogP contribution in [-0.2, 0) is 0 Å². The fraction of sp³-hybridized carbons (Fsp3) is 1.00. The van der Waals surface area contributed by atoms with Gasteiger partial charge in [-0.05, 0) is 20.3 Å². The molecule has 0 heterocycles. The standard InChI is InChI=1S/C9H23N3O/c1-4-5-9(11)12(6-10)7(2)8(3)13/h7-9,13H,4-6,10-11H2,1-3H3/t7-,8?,9?/m1/s1. The molecule has 4 nitrogen and oxygen atoms in total. The van der Waals surface area contributed by atoms with E-state index in [1.807, 2.05) is 11.8 Å². The van der Waals surface area contributed by atoms with Crippen LogP contribution in [0.5, 0.6) is 0 Å². The Kier molecular flexibility index (Phi) is 6.24. The van der Waals surface area contributed by atoms with Gasteiger partial charge in [0.2, 0.25) is 0 Å². The van der Waals surface area contributed by atoms with E-state index in [1.54, 1.807) is 6.92 Å². The fourth-order valence-corrected chi connectivity index (χ4v) is 1.34. The summed E-state index contributed by atoms with van der Waals surface area (Å²) < 4.78 is 0. The van der Waals surface area contributed by atoms with Crippen molar-refractivity contribution in [2.24, 2.45) is 11.5 Å². The summed E-state index contributed by atoms with van der Waals surface area (Å²) in [5.74, 6) is 0. The second-order valence-electron chi connectivity index (χ2n) is 3.53. The van der Waals surface area contributed by atoms with Crippen LogP contribution in [0, 0.1) is 0 Å². The monoisotopic (exact) mass is 189 g/mol. The lowest BCUT2D eigenvalue weighted by atomic mass is 10.1. The molecule has 3 atom stereocenters. The van der Waals surface area contributed by atoms with Crippen LogP contribution in [0.1, 0.15) is 33.6 Å². The zero-order chi connectivity index (χ0) is 10.4. The minimum absolute atomic E-state index is 0.0200. The van der Waals surface area contributed by atoms with Crippen molar-refractivity contribution in [2.45, 2.75) is 51.9 Å². The molecule has 0 aliphatic carbocycles. The second kappa shape index (κ2) is 6.32. The van der Waals surface area contributed by atoms with Crippen LogP contribution in [0.4, 0.5) is 0 Å². The van der Waals surface area contributed by atoms with Gasteiger partial charge in [0.15, 0.2) is 0 Å². The Morgan fingerprint density at radius 1 is 1.38 bits per heavy atom. The first-order valence-corrected chi connectivity index (χ1v) is 4.94. The van der Waals surface area contributed by atoms with Gasteiger partial charge in [0.25, 0.3) is 0 Å². The first kappa shape index (κ1) is 12.8. The summed E-state index contributed by atoms with van der Waals surface area (Å²) in [5, 5.41) is 9.39. The number of rotatable bonds is 6. The molecule has 0 amide bonds. The molecule has 13 heavy (non-hydrogen) atoms. The van der Waals surface area contributed by atoms with Gasteiger partial charge in [0.05, 0.1) is 12.3 Å². The molecular weight excluding hydrogens is 166 g/mol. The Morgan fingerprint density at radius 2 is 1.92 bits per heavy atom. The highest BCUT2D eigenvalue weighted by Gasteiger charge is 2.21. The van der Waals surface area contributed by atoms with E-state index in [1.165, 1.54) is 0 Å². The summed E-state index contributed by atoms with van der Waals surface area (Å²) in [6, 6.07) is 0.0200. The van der Waals surface area contributed by atoms with E-state index in [4.69, 9.17) is 11.5 Å². The van der Waals surface area contributed by atoms with Gasteiger partial charge >= 0.3 is 0 Å². The summed E-state index contributed by atoms with van der Waals surface area (Å²) in [4.78, 5) is 1.92. The Labute approximate surface area is 80.9 Å². The first-order valence-electron chi connectivity index (χ1n) is 4.94. The largest absolute Gasteiger partial charge is 0.392 e. The van der Waals surface area contributed by atoms with Crippen molar-refractivity contribution in [3.05, 3.63) is 0 Å². The summed E-state index contributed by atoms with van der Waals surface area (Å²) in [5.41, 5.74) is 11.5. The van der Waals surface area contributed by atoms with Crippen molar-refractivity contribution >= 4 is 0 Å². The summed E-state index contributed by atoms with van der Waals surface area (Å²) in [6.45, 7) is 6.17. The first-order chi connectivity index (χ1) is 6.04. The van der Waals surface area contributed by atoms with Crippen LogP contribution in [0.3, 0.4) is 0 Å². The summed E-state index contributed by atoms with van der Waals surface area (Å²) in [7, 11) is 0. The van der Waals surface area contributed by atoms with Gasteiger partial charge in [0, 0.05) is 12.7 Å². The van der Waals surface area contributed by atoms with Crippen molar-refractivity contribution in [3.63, 3.8) is 0 Å². The lowest BCUT2D eigenvalue weighted by Crippen LogP contribution is -2.53. The minimum atomic E-state index is -0.397. The van der Waals surface area contributed by atoms with Gasteiger partial charge in [-0.25, -0.2) is 0 Å². The third-order valence-electron chi connectivity index (χ3n) is 2.44. The van der Waals surface area contributed by atoms with E-state index in [0.29, 0.717) is 6.67 Å². The third-order valence-corrected chi connectivity index (χ3v) is 2.44. The maximum Gasteiger partial charge on any atom is 0.0665 e. The summed E-state index contributed by atoms with van der Waals surface area (Å²) in [6.07, 6.45) is 1.50. The predicted molar refractivity (Wildman–Crippen MR) is 54.9 cm³/mol. The van der Waals surface area contributed by atoms with Crippen LogP contribution < -0.4 is 11.5 Å². The molecule has 0 aromatic heterocycles. The fourth-order valence-electron chi connectivity index (χ4n) is 1.34. The molecule has 0 aromatic rings. The van der Waals surface area contributed by atoms with E-state index in [0.717, 1.165) is 12.8 Å². The van der Waals surface area contributed by atoms with Crippen LogP contribution in [0.2, 0.25) is 0 Å². The number of hydrogen-bond acceptors (Lipinski definition) is 4. The lowest BCUT2D eigenvalue weighted by Gasteiger charge is -2.34. The Morgan fingerprint density at radius 3 is 2.23 bits per heavy atom. The lowest BCUT2D eigenvalue weighted by molar-refractivity contribution is 0.0430.